The smallest absolute Gasteiger partial charge is 0.198 e. The quantitative estimate of drug-likeness (QED) is 0.629. The fourth-order valence-corrected chi connectivity index (χ4v) is 3.46. The van der Waals surface area contributed by atoms with Gasteiger partial charge in [0.15, 0.2) is 11.6 Å². The van der Waals surface area contributed by atoms with Gasteiger partial charge in [-0.3, -0.25) is 9.59 Å². The summed E-state index contributed by atoms with van der Waals surface area (Å²) in [5, 5.41) is 0.577. The third-order valence-corrected chi connectivity index (χ3v) is 4.89. The molecule has 2 nitrogen and oxygen atoms in total. The molecule has 5 heteroatoms. The van der Waals surface area contributed by atoms with Crippen LogP contribution < -0.4 is 0 Å². The molecule has 0 fully saturated rings. The zero-order chi connectivity index (χ0) is 12.4. The summed E-state index contributed by atoms with van der Waals surface area (Å²) in [6.45, 7) is 0. The minimum atomic E-state index is -0.207. The molecule has 0 saturated carbocycles. The van der Waals surface area contributed by atoms with Crippen LogP contribution in [0.5, 0.6) is 0 Å². The molecule has 1 aromatic carbocycles. The number of hydrogen-bond donors (Lipinski definition) is 0. The number of rotatable bonds is 3. The van der Waals surface area contributed by atoms with E-state index in [-0.39, 0.29) is 11.6 Å². The van der Waals surface area contributed by atoms with Gasteiger partial charge < -0.3 is 0 Å². The standard InChI is InChI=1S/C12H9ClO2S2/c1-16-12-10(9(14)6-17-12)11(15)7-2-4-8(13)5-3-7/h2-5H,6H2,1H3. The van der Waals surface area contributed by atoms with Gasteiger partial charge in [-0.25, -0.2) is 0 Å². The molecule has 88 valence electrons. The molecule has 1 heterocycles. The number of allylic oxidation sites excluding steroid dienone is 1. The van der Waals surface area contributed by atoms with Crippen molar-refractivity contribution in [3.05, 3.63) is 44.7 Å². The van der Waals surface area contributed by atoms with E-state index in [4.69, 9.17) is 11.6 Å². The number of carbonyl (C=O) groups excluding carboxylic acids is 2. The van der Waals surface area contributed by atoms with E-state index in [1.165, 1.54) is 23.5 Å². The van der Waals surface area contributed by atoms with E-state index in [2.05, 4.69) is 0 Å². The fraction of sp³-hybridized carbons (Fsp3) is 0.167. The molecule has 0 spiro atoms. The Morgan fingerprint density at radius 1 is 1.35 bits per heavy atom. The number of ketones is 2. The molecule has 0 atom stereocenters. The highest BCUT2D eigenvalue weighted by molar-refractivity contribution is 8.22. The molecule has 0 aromatic heterocycles. The van der Waals surface area contributed by atoms with Gasteiger partial charge in [-0.1, -0.05) is 11.6 Å². The van der Waals surface area contributed by atoms with Crippen LogP contribution in [0, 0.1) is 0 Å². The predicted molar refractivity (Wildman–Crippen MR) is 73.8 cm³/mol. The summed E-state index contributed by atoms with van der Waals surface area (Å²) >= 11 is 8.64. The molecule has 1 aliphatic rings. The van der Waals surface area contributed by atoms with Crippen LogP contribution in [0.3, 0.4) is 0 Å². The second-order valence-electron chi connectivity index (χ2n) is 3.41. The van der Waals surface area contributed by atoms with Gasteiger partial charge in [0.05, 0.1) is 15.6 Å². The molecule has 17 heavy (non-hydrogen) atoms. The van der Waals surface area contributed by atoms with E-state index in [1.54, 1.807) is 24.3 Å². The van der Waals surface area contributed by atoms with Crippen LogP contribution in [0.1, 0.15) is 10.4 Å². The maximum Gasteiger partial charge on any atom is 0.198 e. The molecule has 2 rings (SSSR count). The van der Waals surface area contributed by atoms with Gasteiger partial charge in [0.2, 0.25) is 0 Å². The molecule has 0 unspecified atom stereocenters. The van der Waals surface area contributed by atoms with Gasteiger partial charge in [0.25, 0.3) is 0 Å². The first kappa shape index (κ1) is 12.7. The van der Waals surface area contributed by atoms with E-state index < -0.39 is 0 Å². The van der Waals surface area contributed by atoms with Crippen LogP contribution in [0.15, 0.2) is 34.1 Å². The maximum atomic E-state index is 12.2. The maximum absolute atomic E-state index is 12.2. The van der Waals surface area contributed by atoms with Crippen molar-refractivity contribution in [2.75, 3.05) is 12.0 Å². The molecule has 1 aliphatic heterocycles. The van der Waals surface area contributed by atoms with Crippen molar-refractivity contribution in [3.63, 3.8) is 0 Å². The molecule has 0 saturated heterocycles. The Hall–Kier alpha value is -0.710. The lowest BCUT2D eigenvalue weighted by molar-refractivity contribution is -0.112. The second-order valence-corrected chi connectivity index (χ2v) is 5.91. The van der Waals surface area contributed by atoms with Gasteiger partial charge in [-0.2, -0.15) is 0 Å². The zero-order valence-corrected chi connectivity index (χ0v) is 11.4. The summed E-state index contributed by atoms with van der Waals surface area (Å²) in [5.41, 5.74) is 0.830. The summed E-state index contributed by atoms with van der Waals surface area (Å²) in [5.74, 6) is 0.0745. The fourth-order valence-electron chi connectivity index (χ4n) is 1.52. The van der Waals surface area contributed by atoms with Gasteiger partial charge in [-0.05, 0) is 30.5 Å². The number of halogens is 1. The van der Waals surface area contributed by atoms with Crippen molar-refractivity contribution in [2.45, 2.75) is 0 Å². The van der Waals surface area contributed by atoms with Crippen molar-refractivity contribution in [2.24, 2.45) is 0 Å². The summed E-state index contributed by atoms with van der Waals surface area (Å²) < 4.78 is 0.815. The van der Waals surface area contributed by atoms with Crippen LogP contribution in [-0.2, 0) is 4.79 Å². The number of benzene rings is 1. The molecule has 0 radical (unpaired) electrons. The molecule has 0 aliphatic carbocycles. The highest BCUT2D eigenvalue weighted by Crippen LogP contribution is 2.37. The highest BCUT2D eigenvalue weighted by Gasteiger charge is 2.29. The van der Waals surface area contributed by atoms with Crippen molar-refractivity contribution in [3.8, 4) is 0 Å². The van der Waals surface area contributed by atoms with Crippen molar-refractivity contribution >= 4 is 46.7 Å². The zero-order valence-electron chi connectivity index (χ0n) is 9.03. The topological polar surface area (TPSA) is 34.1 Å². The Labute approximate surface area is 113 Å². The number of carbonyl (C=O) groups is 2. The van der Waals surface area contributed by atoms with E-state index in [0.29, 0.717) is 21.9 Å². The van der Waals surface area contributed by atoms with Gasteiger partial charge in [0, 0.05) is 10.6 Å². The van der Waals surface area contributed by atoms with Crippen LogP contribution in [-0.4, -0.2) is 23.6 Å². The number of hydrogen-bond acceptors (Lipinski definition) is 4. The largest absolute Gasteiger partial charge is 0.293 e. The van der Waals surface area contributed by atoms with Crippen molar-refractivity contribution in [1.29, 1.82) is 0 Å². The Morgan fingerprint density at radius 2 is 2.00 bits per heavy atom. The number of thioether (sulfide) groups is 2. The third-order valence-electron chi connectivity index (χ3n) is 2.34. The van der Waals surface area contributed by atoms with E-state index in [1.807, 2.05) is 6.26 Å². The Bertz CT molecular complexity index is 506. The molecule has 0 amide bonds. The predicted octanol–water partition coefficient (Wildman–Crippen LogP) is 3.41. The average molecular weight is 285 g/mol. The van der Waals surface area contributed by atoms with Crippen molar-refractivity contribution in [1.82, 2.24) is 0 Å². The number of Topliss-reactive ketones (excluding diaryl/α,β-unsaturated/α-hetero) is 2. The monoisotopic (exact) mass is 284 g/mol. The normalized spacial score (nSPS) is 15.5. The molecule has 0 N–H and O–H groups in total. The second kappa shape index (κ2) is 5.29. The minimum absolute atomic E-state index is 0.0840. The van der Waals surface area contributed by atoms with Gasteiger partial charge >= 0.3 is 0 Å². The summed E-state index contributed by atoms with van der Waals surface area (Å²) in [6.07, 6.45) is 1.87. The van der Waals surface area contributed by atoms with Crippen LogP contribution in [0.4, 0.5) is 0 Å². The summed E-state index contributed by atoms with van der Waals surface area (Å²) in [4.78, 5) is 23.9. The van der Waals surface area contributed by atoms with Crippen LogP contribution >= 0.6 is 35.1 Å². The van der Waals surface area contributed by atoms with Gasteiger partial charge in [-0.15, -0.1) is 23.5 Å². The highest BCUT2D eigenvalue weighted by atomic mass is 35.5. The van der Waals surface area contributed by atoms with Crippen LogP contribution in [0.25, 0.3) is 0 Å². The van der Waals surface area contributed by atoms with Crippen LogP contribution in [0.2, 0.25) is 5.02 Å². The van der Waals surface area contributed by atoms with Gasteiger partial charge in [0.1, 0.15) is 0 Å². The Balaban J connectivity index is 2.37. The van der Waals surface area contributed by atoms with E-state index in [0.717, 1.165) is 4.24 Å². The summed E-state index contributed by atoms with van der Waals surface area (Å²) in [6, 6.07) is 6.60. The molecule has 0 bridgehead atoms. The first-order chi connectivity index (χ1) is 8.13. The van der Waals surface area contributed by atoms with E-state index in [9.17, 15) is 9.59 Å². The molecular formula is C12H9ClO2S2. The summed E-state index contributed by atoms with van der Waals surface area (Å²) in [7, 11) is 0. The lowest BCUT2D eigenvalue weighted by Crippen LogP contribution is -2.11. The first-order valence-corrected chi connectivity index (χ1v) is 7.47. The lowest BCUT2D eigenvalue weighted by Gasteiger charge is -2.02. The van der Waals surface area contributed by atoms with E-state index >= 15 is 0 Å². The molecular weight excluding hydrogens is 276 g/mol. The Morgan fingerprint density at radius 3 is 2.59 bits per heavy atom. The Kier molecular flexibility index (Phi) is 3.97. The first-order valence-electron chi connectivity index (χ1n) is 4.88. The lowest BCUT2D eigenvalue weighted by atomic mass is 10.0. The SMILES string of the molecule is CSC1=C(C(=O)c2ccc(Cl)cc2)C(=O)CS1. The molecule has 1 aromatic rings. The minimum Gasteiger partial charge on any atom is -0.293 e. The average Bonchev–Trinajstić information content (AvgIpc) is 2.70. The third kappa shape index (κ3) is 2.59. The van der Waals surface area contributed by atoms with Crippen molar-refractivity contribution < 1.29 is 9.59 Å².